The van der Waals surface area contributed by atoms with Gasteiger partial charge in [0.1, 0.15) is 12.1 Å². The van der Waals surface area contributed by atoms with Gasteiger partial charge < -0.3 is 20.1 Å². The number of carbonyl (C=O) groups excluding carboxylic acids is 4. The van der Waals surface area contributed by atoms with E-state index < -0.39 is 52.8 Å². The van der Waals surface area contributed by atoms with Crippen LogP contribution in [-0.2, 0) is 33.6 Å². The average Bonchev–Trinajstić information content (AvgIpc) is 3.48. The molecule has 1 aromatic rings. The standard InChI is InChI=1S/C21H21ClF3N3O6/c22-15-8-12-10-27(9-11(12)7-14(15)21(23,24)25)16(30)3-4-20(13-1-2-13)17(31)28(18(32)26-20)19(33)34-6-5-29/h7-8,13,29H,1-6,9-10H2,(H,26,32). The highest BCUT2D eigenvalue weighted by Gasteiger charge is 2.61. The number of carbonyl (C=O) groups is 4. The molecule has 34 heavy (non-hydrogen) atoms. The lowest BCUT2D eigenvalue weighted by Crippen LogP contribution is -2.50. The summed E-state index contributed by atoms with van der Waals surface area (Å²) in [5.41, 5.74) is -1.57. The minimum Gasteiger partial charge on any atom is -0.446 e. The van der Waals surface area contributed by atoms with E-state index in [0.717, 1.165) is 6.07 Å². The van der Waals surface area contributed by atoms with E-state index in [0.29, 0.717) is 28.9 Å². The van der Waals surface area contributed by atoms with Gasteiger partial charge in [-0.3, -0.25) is 9.59 Å². The number of amides is 5. The summed E-state index contributed by atoms with van der Waals surface area (Å²) in [6.45, 7) is -0.834. The molecule has 184 valence electrons. The Morgan fingerprint density at radius 2 is 1.85 bits per heavy atom. The number of nitrogens with zero attached hydrogens (tertiary/aromatic N) is 2. The molecule has 1 atom stereocenters. The molecule has 1 saturated carbocycles. The van der Waals surface area contributed by atoms with Crippen LogP contribution in [0.1, 0.15) is 42.4 Å². The van der Waals surface area contributed by atoms with Gasteiger partial charge in [0.15, 0.2) is 0 Å². The molecule has 1 unspecified atom stereocenters. The number of aliphatic hydroxyl groups is 1. The molecule has 4 rings (SSSR count). The van der Waals surface area contributed by atoms with E-state index in [2.05, 4.69) is 10.1 Å². The van der Waals surface area contributed by atoms with Gasteiger partial charge >= 0.3 is 18.3 Å². The van der Waals surface area contributed by atoms with E-state index in [4.69, 9.17) is 16.7 Å². The van der Waals surface area contributed by atoms with Gasteiger partial charge in [-0.05, 0) is 48.4 Å². The minimum absolute atomic E-state index is 0.0369. The number of fused-ring (bicyclic) bond motifs is 1. The van der Waals surface area contributed by atoms with Gasteiger partial charge in [0.05, 0.1) is 17.2 Å². The first kappa shape index (κ1) is 24.3. The summed E-state index contributed by atoms with van der Waals surface area (Å²) in [5, 5.41) is 10.9. The van der Waals surface area contributed by atoms with Crippen molar-refractivity contribution in [2.45, 2.75) is 50.5 Å². The fourth-order valence-electron chi connectivity index (χ4n) is 4.46. The van der Waals surface area contributed by atoms with Gasteiger partial charge in [-0.15, -0.1) is 0 Å². The second kappa shape index (κ2) is 8.73. The average molecular weight is 504 g/mol. The van der Waals surface area contributed by atoms with Gasteiger partial charge in [0.25, 0.3) is 5.91 Å². The van der Waals surface area contributed by atoms with Crippen molar-refractivity contribution < 1.29 is 42.2 Å². The topological polar surface area (TPSA) is 116 Å². The molecule has 13 heteroatoms. The molecule has 2 heterocycles. The maximum absolute atomic E-state index is 13.1. The van der Waals surface area contributed by atoms with Gasteiger partial charge in [-0.25, -0.2) is 9.59 Å². The predicted octanol–water partition coefficient (Wildman–Crippen LogP) is 2.81. The number of hydrogen-bond donors (Lipinski definition) is 2. The number of rotatable bonds is 6. The Morgan fingerprint density at radius 1 is 1.21 bits per heavy atom. The zero-order chi connectivity index (χ0) is 24.8. The van der Waals surface area contributed by atoms with Crippen LogP contribution in [0, 0.1) is 5.92 Å². The van der Waals surface area contributed by atoms with Crippen molar-refractivity contribution >= 4 is 35.5 Å². The molecule has 2 fully saturated rings. The van der Waals surface area contributed by atoms with Crippen molar-refractivity contribution in [3.8, 4) is 0 Å². The summed E-state index contributed by atoms with van der Waals surface area (Å²) >= 11 is 5.77. The van der Waals surface area contributed by atoms with Gasteiger partial charge in [0.2, 0.25) is 5.91 Å². The summed E-state index contributed by atoms with van der Waals surface area (Å²) in [6, 6.07) is 1.18. The second-order valence-corrected chi connectivity index (χ2v) is 8.91. The number of aliphatic hydroxyl groups excluding tert-OH is 1. The Balaban J connectivity index is 1.45. The summed E-state index contributed by atoms with van der Waals surface area (Å²) in [5.74, 6) is -1.48. The number of benzene rings is 1. The second-order valence-electron chi connectivity index (χ2n) is 8.50. The highest BCUT2D eigenvalue weighted by Crippen LogP contribution is 2.46. The fraction of sp³-hybridized carbons (Fsp3) is 0.524. The molecule has 1 aromatic carbocycles. The molecule has 0 bridgehead atoms. The predicted molar refractivity (Wildman–Crippen MR) is 109 cm³/mol. The third-order valence-corrected chi connectivity index (χ3v) is 6.61. The van der Waals surface area contributed by atoms with Crippen molar-refractivity contribution in [3.63, 3.8) is 0 Å². The minimum atomic E-state index is -4.62. The molecular weight excluding hydrogens is 483 g/mol. The molecule has 0 spiro atoms. The molecule has 1 aliphatic carbocycles. The lowest BCUT2D eigenvalue weighted by Gasteiger charge is -2.27. The van der Waals surface area contributed by atoms with Crippen LogP contribution < -0.4 is 5.32 Å². The number of halogens is 4. The molecule has 1 saturated heterocycles. The number of hydrogen-bond acceptors (Lipinski definition) is 6. The number of alkyl halides is 3. The molecule has 3 aliphatic rings. The third kappa shape index (κ3) is 4.31. The number of ether oxygens (including phenoxy) is 1. The molecule has 2 aliphatic heterocycles. The SMILES string of the molecule is O=C(CCC1(C2CC2)NC(=O)N(C(=O)OCCO)C1=O)N1Cc2cc(Cl)c(C(F)(F)F)cc2C1. The highest BCUT2D eigenvalue weighted by molar-refractivity contribution is 6.31. The first-order chi connectivity index (χ1) is 16.0. The zero-order valence-corrected chi connectivity index (χ0v) is 18.5. The monoisotopic (exact) mass is 503 g/mol. The summed E-state index contributed by atoms with van der Waals surface area (Å²) in [4.78, 5) is 52.1. The maximum atomic E-state index is 13.1. The van der Waals surface area contributed by atoms with E-state index in [1.807, 2.05) is 0 Å². The van der Waals surface area contributed by atoms with Gasteiger partial charge in [-0.1, -0.05) is 11.6 Å². The number of nitrogens with one attached hydrogen (secondary N) is 1. The van der Waals surface area contributed by atoms with Crippen LogP contribution in [0.4, 0.5) is 22.8 Å². The Bertz CT molecular complexity index is 1060. The number of urea groups is 1. The van der Waals surface area contributed by atoms with Crippen LogP contribution in [0.25, 0.3) is 0 Å². The lowest BCUT2D eigenvalue weighted by atomic mass is 9.87. The van der Waals surface area contributed by atoms with Crippen LogP contribution in [0.2, 0.25) is 5.02 Å². The van der Waals surface area contributed by atoms with E-state index in [1.165, 1.54) is 11.0 Å². The normalized spacial score (nSPS) is 22.1. The van der Waals surface area contributed by atoms with Crippen molar-refractivity contribution in [2.75, 3.05) is 13.2 Å². The van der Waals surface area contributed by atoms with E-state index in [-0.39, 0.29) is 38.5 Å². The Labute approximate surface area is 196 Å². The van der Waals surface area contributed by atoms with E-state index >= 15 is 0 Å². The van der Waals surface area contributed by atoms with Crippen LogP contribution in [0.3, 0.4) is 0 Å². The van der Waals surface area contributed by atoms with Crippen LogP contribution in [-0.4, -0.2) is 57.6 Å². The largest absolute Gasteiger partial charge is 0.446 e. The molecule has 0 aromatic heterocycles. The first-order valence-corrected chi connectivity index (χ1v) is 11.0. The quantitative estimate of drug-likeness (QED) is 0.577. The third-order valence-electron chi connectivity index (χ3n) is 6.29. The Kier molecular flexibility index (Phi) is 6.23. The molecular formula is C21H21ClF3N3O6. The lowest BCUT2D eigenvalue weighted by molar-refractivity contribution is -0.137. The van der Waals surface area contributed by atoms with Crippen molar-refractivity contribution in [1.82, 2.24) is 15.1 Å². The summed E-state index contributed by atoms with van der Waals surface area (Å²) in [6.07, 6.45) is -4.84. The number of imide groups is 3. The highest BCUT2D eigenvalue weighted by atomic mass is 35.5. The van der Waals surface area contributed by atoms with Crippen LogP contribution in [0.15, 0.2) is 12.1 Å². The van der Waals surface area contributed by atoms with Crippen molar-refractivity contribution in [3.05, 3.63) is 33.8 Å². The zero-order valence-electron chi connectivity index (χ0n) is 17.8. The summed E-state index contributed by atoms with van der Waals surface area (Å²) in [7, 11) is 0. The van der Waals surface area contributed by atoms with Gasteiger partial charge in [0, 0.05) is 19.5 Å². The first-order valence-electron chi connectivity index (χ1n) is 10.6. The molecule has 2 N–H and O–H groups in total. The Morgan fingerprint density at radius 3 is 2.44 bits per heavy atom. The van der Waals surface area contributed by atoms with Crippen LogP contribution in [0.5, 0.6) is 0 Å². The van der Waals surface area contributed by atoms with E-state index in [9.17, 15) is 32.3 Å². The maximum Gasteiger partial charge on any atom is 0.425 e. The van der Waals surface area contributed by atoms with Crippen molar-refractivity contribution in [1.29, 1.82) is 0 Å². The molecule has 9 nitrogen and oxygen atoms in total. The Hall–Kier alpha value is -2.86. The van der Waals surface area contributed by atoms with Crippen molar-refractivity contribution in [2.24, 2.45) is 5.92 Å². The summed E-state index contributed by atoms with van der Waals surface area (Å²) < 4.78 is 44.1. The smallest absolute Gasteiger partial charge is 0.425 e. The van der Waals surface area contributed by atoms with E-state index in [1.54, 1.807) is 0 Å². The fourth-order valence-corrected chi connectivity index (χ4v) is 4.75. The molecule has 5 amide bonds. The molecule has 0 radical (unpaired) electrons. The van der Waals surface area contributed by atoms with Crippen LogP contribution >= 0.6 is 11.6 Å². The van der Waals surface area contributed by atoms with Gasteiger partial charge in [-0.2, -0.15) is 18.1 Å².